The number of anilines is 2. The Balaban J connectivity index is 1.64. The summed E-state index contributed by atoms with van der Waals surface area (Å²) in [5.74, 6) is 0.719. The van der Waals surface area contributed by atoms with Crippen LogP contribution in [0.5, 0.6) is 0 Å². The smallest absolute Gasteiger partial charge is 0.190 e. The molecule has 0 aliphatic heterocycles. The van der Waals surface area contributed by atoms with Gasteiger partial charge in [0.05, 0.1) is 4.90 Å². The van der Waals surface area contributed by atoms with Crippen molar-refractivity contribution in [2.24, 2.45) is 0 Å². The number of aromatic nitrogens is 3. The molecule has 3 aromatic heterocycles. The Morgan fingerprint density at radius 1 is 1.15 bits per heavy atom. The van der Waals surface area contributed by atoms with Crippen LogP contribution in [0.25, 0.3) is 10.3 Å². The van der Waals surface area contributed by atoms with Crippen LogP contribution in [0.4, 0.5) is 10.9 Å². The van der Waals surface area contributed by atoms with Gasteiger partial charge in [-0.3, -0.25) is 4.79 Å². The predicted octanol–water partition coefficient (Wildman–Crippen LogP) is 5.56. The highest BCUT2D eigenvalue weighted by Gasteiger charge is 2.11. The standard InChI is InChI=1S/C18H11BrN4OS2/c19-12-8-15(25-13-5-3-11(10-24)4-6-13)16(21-9-12)23-18-22-14-2-1-7-20-17(14)26-18/h1-10H,(H,21,22,23). The summed E-state index contributed by atoms with van der Waals surface area (Å²) in [6, 6.07) is 13.2. The maximum absolute atomic E-state index is 10.8. The van der Waals surface area contributed by atoms with Crippen LogP contribution in [-0.2, 0) is 0 Å². The van der Waals surface area contributed by atoms with Crippen LogP contribution in [0.3, 0.4) is 0 Å². The molecule has 1 aromatic carbocycles. The number of thiazole rings is 1. The number of carbonyl (C=O) groups is 1. The molecule has 0 aliphatic rings. The summed E-state index contributed by atoms with van der Waals surface area (Å²) in [5.41, 5.74) is 1.51. The first-order valence-electron chi connectivity index (χ1n) is 7.58. The van der Waals surface area contributed by atoms with Gasteiger partial charge in [0.25, 0.3) is 0 Å². The summed E-state index contributed by atoms with van der Waals surface area (Å²) in [6.45, 7) is 0. The quantitative estimate of drug-likeness (QED) is 0.408. The molecule has 0 amide bonds. The fourth-order valence-electron chi connectivity index (χ4n) is 2.26. The Hall–Kier alpha value is -2.29. The predicted molar refractivity (Wildman–Crippen MR) is 109 cm³/mol. The van der Waals surface area contributed by atoms with Crippen molar-refractivity contribution in [3.05, 3.63) is 64.9 Å². The summed E-state index contributed by atoms with van der Waals surface area (Å²) >= 11 is 6.52. The van der Waals surface area contributed by atoms with Gasteiger partial charge >= 0.3 is 0 Å². The average Bonchev–Trinajstić information content (AvgIpc) is 3.07. The van der Waals surface area contributed by atoms with Crippen molar-refractivity contribution in [3.8, 4) is 0 Å². The fraction of sp³-hybridized carbons (Fsp3) is 0. The van der Waals surface area contributed by atoms with Gasteiger partial charge in [-0.25, -0.2) is 15.0 Å². The molecule has 8 heteroatoms. The van der Waals surface area contributed by atoms with Crippen molar-refractivity contribution in [1.82, 2.24) is 15.0 Å². The van der Waals surface area contributed by atoms with E-state index in [9.17, 15) is 4.79 Å². The molecule has 4 rings (SSSR count). The van der Waals surface area contributed by atoms with Gasteiger partial charge in [0, 0.05) is 27.3 Å². The van der Waals surface area contributed by atoms with E-state index < -0.39 is 0 Å². The van der Waals surface area contributed by atoms with Crippen LogP contribution in [0.1, 0.15) is 10.4 Å². The molecule has 0 bridgehead atoms. The molecule has 0 radical (unpaired) electrons. The fourth-order valence-corrected chi connectivity index (χ4v) is 4.46. The van der Waals surface area contributed by atoms with E-state index in [0.717, 1.165) is 41.8 Å². The second-order valence-electron chi connectivity index (χ2n) is 5.26. The number of halogens is 1. The molecule has 128 valence electrons. The average molecular weight is 443 g/mol. The molecule has 0 saturated carbocycles. The van der Waals surface area contributed by atoms with Gasteiger partial charge in [-0.15, -0.1) is 0 Å². The van der Waals surface area contributed by atoms with Crippen LogP contribution in [0.15, 0.2) is 69.1 Å². The molecule has 0 atom stereocenters. The molecule has 0 saturated heterocycles. The van der Waals surface area contributed by atoms with E-state index in [2.05, 4.69) is 36.2 Å². The Labute approximate surface area is 166 Å². The maximum Gasteiger partial charge on any atom is 0.190 e. The second kappa shape index (κ2) is 7.53. The third kappa shape index (κ3) is 3.77. The molecule has 1 N–H and O–H groups in total. The van der Waals surface area contributed by atoms with E-state index in [0.29, 0.717) is 5.56 Å². The highest BCUT2D eigenvalue weighted by atomic mass is 79.9. The van der Waals surface area contributed by atoms with Gasteiger partial charge < -0.3 is 5.32 Å². The first-order chi connectivity index (χ1) is 12.7. The Kier molecular flexibility index (Phi) is 4.96. The summed E-state index contributed by atoms with van der Waals surface area (Å²) in [6.07, 6.45) is 4.34. The van der Waals surface area contributed by atoms with Gasteiger partial charge in [0.1, 0.15) is 22.5 Å². The van der Waals surface area contributed by atoms with E-state index in [4.69, 9.17) is 0 Å². The van der Waals surface area contributed by atoms with Crippen molar-refractivity contribution in [2.45, 2.75) is 9.79 Å². The van der Waals surface area contributed by atoms with Gasteiger partial charge in [0.2, 0.25) is 0 Å². The Morgan fingerprint density at radius 3 is 2.77 bits per heavy atom. The van der Waals surface area contributed by atoms with E-state index in [-0.39, 0.29) is 0 Å². The summed E-state index contributed by atoms with van der Waals surface area (Å²) in [5, 5.41) is 4.03. The van der Waals surface area contributed by atoms with Crippen molar-refractivity contribution in [2.75, 3.05) is 5.32 Å². The van der Waals surface area contributed by atoms with Gasteiger partial charge in [0.15, 0.2) is 5.13 Å². The minimum absolute atomic E-state index is 0.655. The third-order valence-corrected chi connectivity index (χ3v) is 5.82. The monoisotopic (exact) mass is 442 g/mol. The first kappa shape index (κ1) is 17.1. The normalized spacial score (nSPS) is 10.8. The second-order valence-corrected chi connectivity index (χ2v) is 8.27. The molecule has 3 heterocycles. The number of nitrogens with zero attached hydrogens (tertiary/aromatic N) is 3. The number of nitrogens with one attached hydrogen (secondary N) is 1. The van der Waals surface area contributed by atoms with Crippen LogP contribution < -0.4 is 5.32 Å². The highest BCUT2D eigenvalue weighted by molar-refractivity contribution is 9.10. The van der Waals surface area contributed by atoms with Crippen molar-refractivity contribution < 1.29 is 4.79 Å². The van der Waals surface area contributed by atoms with Gasteiger partial charge in [-0.1, -0.05) is 35.2 Å². The number of hydrogen-bond donors (Lipinski definition) is 1. The Morgan fingerprint density at radius 2 is 2.00 bits per heavy atom. The zero-order chi connectivity index (χ0) is 17.9. The largest absolute Gasteiger partial charge is 0.315 e. The van der Waals surface area contributed by atoms with Crippen molar-refractivity contribution in [3.63, 3.8) is 0 Å². The van der Waals surface area contributed by atoms with E-state index >= 15 is 0 Å². The molecule has 0 aliphatic carbocycles. The first-order valence-corrected chi connectivity index (χ1v) is 10.0. The molecule has 5 nitrogen and oxygen atoms in total. The lowest BCUT2D eigenvalue weighted by molar-refractivity contribution is 0.112. The molecule has 4 aromatic rings. The number of pyridine rings is 2. The number of hydrogen-bond acceptors (Lipinski definition) is 7. The Bertz CT molecular complexity index is 1050. The lowest BCUT2D eigenvalue weighted by Gasteiger charge is -2.09. The van der Waals surface area contributed by atoms with E-state index in [1.54, 1.807) is 36.3 Å². The number of benzene rings is 1. The number of carbonyl (C=O) groups excluding carboxylic acids is 1. The molecule has 0 spiro atoms. The molecule has 0 fully saturated rings. The lowest BCUT2D eigenvalue weighted by atomic mass is 10.2. The number of aldehydes is 1. The lowest BCUT2D eigenvalue weighted by Crippen LogP contribution is -1.95. The summed E-state index contributed by atoms with van der Waals surface area (Å²) in [4.78, 5) is 27.0. The SMILES string of the molecule is O=Cc1ccc(Sc2cc(Br)cnc2Nc2nc3cccnc3s2)cc1. The van der Waals surface area contributed by atoms with Crippen molar-refractivity contribution in [1.29, 1.82) is 0 Å². The number of fused-ring (bicyclic) bond motifs is 1. The third-order valence-electron chi connectivity index (χ3n) is 3.46. The molecule has 0 unspecified atom stereocenters. The van der Waals surface area contributed by atoms with Gasteiger partial charge in [-0.2, -0.15) is 0 Å². The van der Waals surface area contributed by atoms with E-state index in [1.807, 2.05) is 30.3 Å². The summed E-state index contributed by atoms with van der Waals surface area (Å²) in [7, 11) is 0. The maximum atomic E-state index is 10.8. The van der Waals surface area contributed by atoms with Gasteiger partial charge in [-0.05, 0) is 46.3 Å². The van der Waals surface area contributed by atoms with E-state index in [1.165, 1.54) is 11.3 Å². The molecule has 26 heavy (non-hydrogen) atoms. The molecular weight excluding hydrogens is 432 g/mol. The molecular formula is C18H11BrN4OS2. The summed E-state index contributed by atoms with van der Waals surface area (Å²) < 4.78 is 0.890. The minimum Gasteiger partial charge on any atom is -0.315 e. The minimum atomic E-state index is 0.655. The van der Waals surface area contributed by atoms with Crippen LogP contribution >= 0.6 is 39.0 Å². The van der Waals surface area contributed by atoms with Crippen molar-refractivity contribution >= 4 is 66.6 Å². The highest BCUT2D eigenvalue weighted by Crippen LogP contribution is 2.36. The number of rotatable bonds is 5. The zero-order valence-electron chi connectivity index (χ0n) is 13.2. The van der Waals surface area contributed by atoms with Crippen LogP contribution in [0, 0.1) is 0 Å². The topological polar surface area (TPSA) is 67.8 Å². The van der Waals surface area contributed by atoms with Crippen LogP contribution in [0.2, 0.25) is 0 Å². The zero-order valence-corrected chi connectivity index (χ0v) is 16.4. The van der Waals surface area contributed by atoms with Crippen LogP contribution in [-0.4, -0.2) is 21.2 Å².